The van der Waals surface area contributed by atoms with Gasteiger partial charge in [-0.1, -0.05) is 30.3 Å². The number of carbonyl (C=O) groups excluding carboxylic acids is 2. The number of hydrogen-bond donors (Lipinski definition) is 3. The minimum Gasteiger partial charge on any atom is -0.511 e. The van der Waals surface area contributed by atoms with E-state index in [-0.39, 0.29) is 18.8 Å². The monoisotopic (exact) mass is 451 g/mol. The Labute approximate surface area is 190 Å². The molecule has 33 heavy (non-hydrogen) atoms. The number of hydrogen-bond acceptors (Lipinski definition) is 6. The molecule has 0 atom stereocenters. The van der Waals surface area contributed by atoms with Crippen LogP contribution in [0.5, 0.6) is 0 Å². The molecule has 2 aromatic rings. The highest BCUT2D eigenvalue weighted by molar-refractivity contribution is 6.19. The number of rotatable bonds is 6. The lowest BCUT2D eigenvalue weighted by atomic mass is 9.73. The van der Waals surface area contributed by atoms with Crippen molar-refractivity contribution < 1.29 is 29.3 Å². The summed E-state index contributed by atoms with van der Waals surface area (Å²) in [7, 11) is 0. The molecule has 3 N–H and O–H groups in total. The summed E-state index contributed by atoms with van der Waals surface area (Å²) in [6, 6.07) is 13.3. The number of aliphatic hydroxyl groups excluding tert-OH is 1. The average molecular weight is 451 g/mol. The standard InChI is InChI=1S/C24H25N3O6/c28-19(29)13-26-22(31)20-21(30)24(8-11-33-12-9-24)15-27(23(20)32)14-16-4-6-17(7-5-16)18-3-1-2-10-25-18/h1-7,10,30H,8-9,11-15H2,(H,26,31)(H,28,29). The average Bonchev–Trinajstić information content (AvgIpc) is 2.83. The molecule has 1 fully saturated rings. The fraction of sp³-hybridized carbons (Fsp3) is 0.333. The van der Waals surface area contributed by atoms with E-state index in [4.69, 9.17) is 9.84 Å². The summed E-state index contributed by atoms with van der Waals surface area (Å²) in [5.74, 6) is -3.03. The van der Waals surface area contributed by atoms with Gasteiger partial charge in [-0.3, -0.25) is 19.4 Å². The van der Waals surface area contributed by atoms with E-state index < -0.39 is 35.3 Å². The molecule has 0 bridgehead atoms. The van der Waals surface area contributed by atoms with E-state index in [0.717, 1.165) is 16.8 Å². The summed E-state index contributed by atoms with van der Waals surface area (Å²) in [6.45, 7) is 0.642. The molecule has 1 spiro atoms. The summed E-state index contributed by atoms with van der Waals surface area (Å²) in [4.78, 5) is 42.6. The second-order valence-electron chi connectivity index (χ2n) is 8.27. The third-order valence-electron chi connectivity index (χ3n) is 6.10. The first kappa shape index (κ1) is 22.5. The number of aromatic nitrogens is 1. The molecular weight excluding hydrogens is 426 g/mol. The van der Waals surface area contributed by atoms with Gasteiger partial charge in [-0.2, -0.15) is 0 Å². The van der Waals surface area contributed by atoms with Gasteiger partial charge in [0.2, 0.25) is 0 Å². The van der Waals surface area contributed by atoms with Crippen LogP contribution in [0.2, 0.25) is 0 Å². The van der Waals surface area contributed by atoms with E-state index in [2.05, 4.69) is 10.3 Å². The van der Waals surface area contributed by atoms with E-state index in [1.54, 1.807) is 6.20 Å². The van der Waals surface area contributed by atoms with Gasteiger partial charge in [-0.25, -0.2) is 0 Å². The third kappa shape index (κ3) is 4.73. The zero-order chi connectivity index (χ0) is 23.4. The van der Waals surface area contributed by atoms with Crippen molar-refractivity contribution in [3.05, 3.63) is 65.6 Å². The van der Waals surface area contributed by atoms with Gasteiger partial charge in [0.15, 0.2) is 0 Å². The molecule has 2 aliphatic heterocycles. The maximum absolute atomic E-state index is 13.2. The number of carboxylic acids is 1. The Bertz CT molecular complexity index is 1080. The Morgan fingerprint density at radius 3 is 2.48 bits per heavy atom. The van der Waals surface area contributed by atoms with Gasteiger partial charge in [0.05, 0.1) is 11.1 Å². The lowest BCUT2D eigenvalue weighted by Gasteiger charge is -2.44. The number of aliphatic hydroxyl groups is 1. The first-order chi connectivity index (χ1) is 15.9. The Morgan fingerprint density at radius 1 is 1.12 bits per heavy atom. The Hall–Kier alpha value is -3.72. The highest BCUT2D eigenvalue weighted by atomic mass is 16.5. The van der Waals surface area contributed by atoms with Crippen molar-refractivity contribution in [2.75, 3.05) is 26.3 Å². The molecule has 172 valence electrons. The number of pyridine rings is 1. The molecule has 2 amide bonds. The Morgan fingerprint density at radius 2 is 1.85 bits per heavy atom. The largest absolute Gasteiger partial charge is 0.511 e. The number of carbonyl (C=O) groups is 3. The SMILES string of the molecule is O=C(O)CNC(=O)C1=C(O)C2(CCOCC2)CN(Cc2ccc(-c3ccccn3)cc2)C1=O. The Balaban J connectivity index is 1.60. The summed E-state index contributed by atoms with van der Waals surface area (Å²) < 4.78 is 5.43. The molecule has 0 unspecified atom stereocenters. The zero-order valence-corrected chi connectivity index (χ0v) is 18.0. The Kier molecular flexibility index (Phi) is 6.41. The van der Waals surface area contributed by atoms with Gasteiger partial charge in [0.25, 0.3) is 11.8 Å². The van der Waals surface area contributed by atoms with E-state index in [9.17, 15) is 19.5 Å². The van der Waals surface area contributed by atoms with Crippen LogP contribution >= 0.6 is 0 Å². The number of benzene rings is 1. The van der Waals surface area contributed by atoms with Crippen molar-refractivity contribution in [1.82, 2.24) is 15.2 Å². The molecule has 1 aromatic carbocycles. The summed E-state index contributed by atoms with van der Waals surface area (Å²) in [6.07, 6.45) is 2.63. The molecule has 1 aromatic heterocycles. The van der Waals surface area contributed by atoms with Gasteiger partial charge >= 0.3 is 5.97 Å². The predicted octanol–water partition coefficient (Wildman–Crippen LogP) is 1.90. The maximum Gasteiger partial charge on any atom is 0.322 e. The van der Waals surface area contributed by atoms with Crippen LogP contribution in [0.1, 0.15) is 18.4 Å². The number of carboxylic acid groups (broad SMARTS) is 1. The van der Waals surface area contributed by atoms with Crippen molar-refractivity contribution in [3.63, 3.8) is 0 Å². The topological polar surface area (TPSA) is 129 Å². The first-order valence-corrected chi connectivity index (χ1v) is 10.7. The van der Waals surface area contributed by atoms with Crippen molar-refractivity contribution in [2.45, 2.75) is 19.4 Å². The van der Waals surface area contributed by atoms with Gasteiger partial charge < -0.3 is 25.2 Å². The van der Waals surface area contributed by atoms with E-state index in [1.165, 1.54) is 4.90 Å². The normalized spacial score (nSPS) is 17.8. The minimum absolute atomic E-state index is 0.243. The summed E-state index contributed by atoms with van der Waals surface area (Å²) in [5.41, 5.74) is 1.45. The van der Waals surface area contributed by atoms with E-state index >= 15 is 0 Å². The zero-order valence-electron chi connectivity index (χ0n) is 18.0. The van der Waals surface area contributed by atoms with Crippen LogP contribution in [-0.2, 0) is 25.7 Å². The molecule has 0 radical (unpaired) electrons. The predicted molar refractivity (Wildman–Crippen MR) is 118 cm³/mol. The van der Waals surface area contributed by atoms with E-state index in [1.807, 2.05) is 42.5 Å². The molecule has 0 saturated carbocycles. The van der Waals surface area contributed by atoms with Gasteiger partial charge in [-0.15, -0.1) is 0 Å². The maximum atomic E-state index is 13.2. The molecule has 1 saturated heterocycles. The van der Waals surface area contributed by atoms with Crippen LogP contribution in [0.25, 0.3) is 11.3 Å². The smallest absolute Gasteiger partial charge is 0.322 e. The number of nitrogens with zero attached hydrogens (tertiary/aromatic N) is 2. The van der Waals surface area contributed by atoms with Gasteiger partial charge in [0, 0.05) is 38.1 Å². The summed E-state index contributed by atoms with van der Waals surface area (Å²) >= 11 is 0. The van der Waals surface area contributed by atoms with Crippen LogP contribution in [0.15, 0.2) is 60.0 Å². The molecular formula is C24H25N3O6. The van der Waals surface area contributed by atoms with Crippen molar-refractivity contribution >= 4 is 17.8 Å². The van der Waals surface area contributed by atoms with Crippen LogP contribution < -0.4 is 5.32 Å². The quantitative estimate of drug-likeness (QED) is 0.572. The fourth-order valence-electron chi connectivity index (χ4n) is 4.31. The van der Waals surface area contributed by atoms with Crippen molar-refractivity contribution in [3.8, 4) is 11.3 Å². The van der Waals surface area contributed by atoms with Crippen LogP contribution in [0.3, 0.4) is 0 Å². The second-order valence-corrected chi connectivity index (χ2v) is 8.27. The number of nitrogens with one attached hydrogen (secondary N) is 1. The highest BCUT2D eigenvalue weighted by Gasteiger charge is 2.48. The number of ether oxygens (including phenoxy) is 1. The summed E-state index contributed by atoms with van der Waals surface area (Å²) in [5, 5.41) is 22.0. The first-order valence-electron chi connectivity index (χ1n) is 10.7. The molecule has 3 heterocycles. The lowest BCUT2D eigenvalue weighted by molar-refractivity contribution is -0.140. The van der Waals surface area contributed by atoms with E-state index in [0.29, 0.717) is 26.1 Å². The molecule has 2 aliphatic rings. The molecule has 0 aliphatic carbocycles. The van der Waals surface area contributed by atoms with Gasteiger partial charge in [-0.05, 0) is 30.5 Å². The fourth-order valence-corrected chi connectivity index (χ4v) is 4.31. The number of amides is 2. The van der Waals surface area contributed by atoms with Crippen molar-refractivity contribution in [2.24, 2.45) is 5.41 Å². The van der Waals surface area contributed by atoms with Crippen LogP contribution in [0, 0.1) is 5.41 Å². The van der Waals surface area contributed by atoms with Crippen LogP contribution in [0.4, 0.5) is 0 Å². The second kappa shape index (κ2) is 9.41. The molecule has 9 heteroatoms. The third-order valence-corrected chi connectivity index (χ3v) is 6.10. The van der Waals surface area contributed by atoms with Gasteiger partial charge in [0.1, 0.15) is 17.9 Å². The van der Waals surface area contributed by atoms with Crippen LogP contribution in [-0.4, -0.2) is 64.2 Å². The number of aliphatic carboxylic acids is 1. The molecule has 9 nitrogen and oxygen atoms in total. The highest BCUT2D eigenvalue weighted by Crippen LogP contribution is 2.42. The molecule has 4 rings (SSSR count). The minimum atomic E-state index is -1.24. The van der Waals surface area contributed by atoms with Crippen molar-refractivity contribution in [1.29, 1.82) is 0 Å². The lowest BCUT2D eigenvalue weighted by Crippen LogP contribution is -2.52.